The van der Waals surface area contributed by atoms with Crippen molar-refractivity contribution in [1.82, 2.24) is 9.97 Å². The molecule has 1 aliphatic heterocycles. The molecular weight excluding hydrogens is 264 g/mol. The fourth-order valence-corrected chi connectivity index (χ4v) is 2.48. The number of aromatic nitrogens is 2. The highest BCUT2D eigenvalue weighted by molar-refractivity contribution is 5.51. The number of rotatable bonds is 5. The molecule has 5 nitrogen and oxygen atoms in total. The van der Waals surface area contributed by atoms with Crippen LogP contribution in [-0.4, -0.2) is 41.8 Å². The first-order valence-corrected chi connectivity index (χ1v) is 7.92. The van der Waals surface area contributed by atoms with Gasteiger partial charge < -0.3 is 15.0 Å². The van der Waals surface area contributed by atoms with Crippen molar-refractivity contribution < 1.29 is 4.74 Å². The molecule has 0 aliphatic carbocycles. The minimum Gasteiger partial charge on any atom is -0.377 e. The van der Waals surface area contributed by atoms with E-state index in [4.69, 9.17) is 9.72 Å². The van der Waals surface area contributed by atoms with Gasteiger partial charge in [0.1, 0.15) is 17.5 Å². The van der Waals surface area contributed by atoms with E-state index in [2.05, 4.69) is 55.9 Å². The number of hydrogen-bond donors (Lipinski definition) is 1. The molecular formula is C16H28N4O. The molecule has 0 bridgehead atoms. The quantitative estimate of drug-likeness (QED) is 0.904. The molecule has 21 heavy (non-hydrogen) atoms. The van der Waals surface area contributed by atoms with Crippen LogP contribution in [0.5, 0.6) is 0 Å². The Labute approximate surface area is 128 Å². The second-order valence-electron chi connectivity index (χ2n) is 6.57. The number of nitrogens with zero attached hydrogens (tertiary/aromatic N) is 3. The lowest BCUT2D eigenvalue weighted by Gasteiger charge is -2.43. The molecule has 0 saturated carbocycles. The van der Waals surface area contributed by atoms with Crippen molar-refractivity contribution in [2.45, 2.75) is 52.5 Å². The Balaban J connectivity index is 2.34. The third-order valence-electron chi connectivity index (χ3n) is 3.72. The first-order chi connectivity index (χ1) is 9.94. The summed E-state index contributed by atoms with van der Waals surface area (Å²) in [5, 5.41) is 3.39. The molecule has 0 spiro atoms. The van der Waals surface area contributed by atoms with Crippen molar-refractivity contribution in [2.75, 3.05) is 36.5 Å². The van der Waals surface area contributed by atoms with Crippen LogP contribution in [0.2, 0.25) is 0 Å². The van der Waals surface area contributed by atoms with Crippen LogP contribution in [0, 0.1) is 0 Å². The van der Waals surface area contributed by atoms with Crippen LogP contribution in [0.25, 0.3) is 0 Å². The number of nitrogens with one attached hydrogen (secondary N) is 1. The molecule has 0 atom stereocenters. The van der Waals surface area contributed by atoms with Crippen LogP contribution in [0.3, 0.4) is 0 Å². The van der Waals surface area contributed by atoms with Crippen LogP contribution >= 0.6 is 0 Å². The Bertz CT molecular complexity index is 473. The predicted molar refractivity (Wildman–Crippen MR) is 87.1 cm³/mol. The lowest BCUT2D eigenvalue weighted by Crippen LogP contribution is -2.53. The smallest absolute Gasteiger partial charge is 0.135 e. The number of ether oxygens (including phenoxy) is 1. The fourth-order valence-electron chi connectivity index (χ4n) is 2.48. The molecule has 0 radical (unpaired) electrons. The molecule has 0 aromatic carbocycles. The van der Waals surface area contributed by atoms with Crippen molar-refractivity contribution in [3.05, 3.63) is 11.9 Å². The molecule has 1 aliphatic rings. The third kappa shape index (κ3) is 3.84. The lowest BCUT2D eigenvalue weighted by molar-refractivity contribution is 0.0639. The van der Waals surface area contributed by atoms with Crippen molar-refractivity contribution in [2.24, 2.45) is 0 Å². The van der Waals surface area contributed by atoms with E-state index in [0.29, 0.717) is 5.92 Å². The normalized spacial score (nSPS) is 18.1. The summed E-state index contributed by atoms with van der Waals surface area (Å²) >= 11 is 0. The van der Waals surface area contributed by atoms with Crippen molar-refractivity contribution in [3.8, 4) is 0 Å². The van der Waals surface area contributed by atoms with E-state index in [1.807, 2.05) is 0 Å². The predicted octanol–water partition coefficient (Wildman–Crippen LogP) is 3.04. The van der Waals surface area contributed by atoms with E-state index in [0.717, 1.165) is 50.2 Å². The van der Waals surface area contributed by atoms with Gasteiger partial charge in [0.2, 0.25) is 0 Å². The molecule has 118 valence electrons. The zero-order valence-corrected chi connectivity index (χ0v) is 13.9. The summed E-state index contributed by atoms with van der Waals surface area (Å²) in [6.07, 6.45) is 1.08. The molecule has 1 saturated heterocycles. The van der Waals surface area contributed by atoms with E-state index in [9.17, 15) is 0 Å². The molecule has 1 aromatic heterocycles. The van der Waals surface area contributed by atoms with E-state index in [1.165, 1.54) is 0 Å². The molecule has 2 heterocycles. The average molecular weight is 292 g/mol. The summed E-state index contributed by atoms with van der Waals surface area (Å²) in [5.41, 5.74) is -0.0388. The summed E-state index contributed by atoms with van der Waals surface area (Å²) in [6, 6.07) is 2.06. The minimum absolute atomic E-state index is 0.0388. The van der Waals surface area contributed by atoms with Crippen LogP contribution in [0.15, 0.2) is 6.07 Å². The van der Waals surface area contributed by atoms with Crippen LogP contribution < -0.4 is 10.2 Å². The average Bonchev–Trinajstić information content (AvgIpc) is 2.44. The number of morpholine rings is 1. The van der Waals surface area contributed by atoms with E-state index in [-0.39, 0.29) is 5.54 Å². The summed E-state index contributed by atoms with van der Waals surface area (Å²) < 4.78 is 5.61. The fraction of sp³-hybridized carbons (Fsp3) is 0.750. The zero-order valence-electron chi connectivity index (χ0n) is 13.9. The van der Waals surface area contributed by atoms with Gasteiger partial charge in [0.25, 0.3) is 0 Å². The van der Waals surface area contributed by atoms with E-state index >= 15 is 0 Å². The van der Waals surface area contributed by atoms with Crippen molar-refractivity contribution in [1.29, 1.82) is 0 Å². The van der Waals surface area contributed by atoms with Gasteiger partial charge in [0, 0.05) is 25.1 Å². The second-order valence-corrected chi connectivity index (χ2v) is 6.57. The van der Waals surface area contributed by atoms with Gasteiger partial charge in [-0.1, -0.05) is 20.8 Å². The van der Waals surface area contributed by atoms with Gasteiger partial charge in [0.05, 0.1) is 18.8 Å². The third-order valence-corrected chi connectivity index (χ3v) is 3.72. The molecule has 1 fully saturated rings. The van der Waals surface area contributed by atoms with Gasteiger partial charge in [-0.05, 0) is 20.3 Å². The van der Waals surface area contributed by atoms with E-state index < -0.39 is 0 Å². The summed E-state index contributed by atoms with van der Waals surface area (Å²) in [7, 11) is 0. The molecule has 1 N–H and O–H groups in total. The van der Waals surface area contributed by atoms with Gasteiger partial charge in [-0.25, -0.2) is 9.97 Å². The van der Waals surface area contributed by atoms with Crippen molar-refractivity contribution in [3.63, 3.8) is 0 Å². The Hall–Kier alpha value is -1.36. The maximum atomic E-state index is 5.61. The summed E-state index contributed by atoms with van der Waals surface area (Å²) in [6.45, 7) is 14.1. The minimum atomic E-state index is -0.0388. The van der Waals surface area contributed by atoms with Crippen LogP contribution in [0.1, 0.15) is 52.8 Å². The van der Waals surface area contributed by atoms with Gasteiger partial charge >= 0.3 is 0 Å². The summed E-state index contributed by atoms with van der Waals surface area (Å²) in [5.74, 6) is 3.14. The standard InChI is InChI=1S/C16H28N4O/c1-6-7-17-13-10-14(19-15(18-13)12(2)3)20-8-9-21-11-16(20,4)5/h10,12H,6-9,11H2,1-5H3,(H,17,18,19). The number of hydrogen-bond acceptors (Lipinski definition) is 5. The van der Waals surface area contributed by atoms with E-state index in [1.54, 1.807) is 0 Å². The van der Waals surface area contributed by atoms with Gasteiger partial charge in [-0.2, -0.15) is 0 Å². The lowest BCUT2D eigenvalue weighted by atomic mass is 10.0. The van der Waals surface area contributed by atoms with Gasteiger partial charge in [-0.15, -0.1) is 0 Å². The largest absolute Gasteiger partial charge is 0.377 e. The number of anilines is 2. The maximum absolute atomic E-state index is 5.61. The van der Waals surface area contributed by atoms with Gasteiger partial charge in [-0.3, -0.25) is 0 Å². The van der Waals surface area contributed by atoms with Crippen LogP contribution in [0.4, 0.5) is 11.6 Å². The Morgan fingerprint density at radius 3 is 2.76 bits per heavy atom. The zero-order chi connectivity index (χ0) is 15.5. The van der Waals surface area contributed by atoms with Crippen LogP contribution in [-0.2, 0) is 4.74 Å². The SMILES string of the molecule is CCCNc1cc(N2CCOCC2(C)C)nc(C(C)C)n1. The highest BCUT2D eigenvalue weighted by Crippen LogP contribution is 2.28. The molecule has 1 aromatic rings. The Kier molecular flexibility index (Phi) is 5.04. The molecule has 0 amide bonds. The summed E-state index contributed by atoms with van der Waals surface area (Å²) in [4.78, 5) is 11.7. The first kappa shape index (κ1) is 16.0. The highest BCUT2D eigenvalue weighted by Gasteiger charge is 2.32. The van der Waals surface area contributed by atoms with Gasteiger partial charge in [0.15, 0.2) is 0 Å². The van der Waals surface area contributed by atoms with Crippen molar-refractivity contribution >= 4 is 11.6 Å². The highest BCUT2D eigenvalue weighted by atomic mass is 16.5. The topological polar surface area (TPSA) is 50.3 Å². The Morgan fingerprint density at radius 1 is 1.38 bits per heavy atom. The molecule has 0 unspecified atom stereocenters. The molecule has 5 heteroatoms. The first-order valence-electron chi connectivity index (χ1n) is 7.92. The Morgan fingerprint density at radius 2 is 2.14 bits per heavy atom. The maximum Gasteiger partial charge on any atom is 0.135 e. The molecule has 2 rings (SSSR count). The second kappa shape index (κ2) is 6.60. The monoisotopic (exact) mass is 292 g/mol.